The average molecular weight is 361 g/mol. The minimum Gasteiger partial charge on any atom is -0.491 e. The van der Waals surface area contributed by atoms with E-state index in [0.29, 0.717) is 18.1 Å². The predicted molar refractivity (Wildman–Crippen MR) is 90.0 cm³/mol. The lowest BCUT2D eigenvalue weighted by Crippen LogP contribution is -2.30. The third-order valence-electron chi connectivity index (χ3n) is 4.00. The van der Waals surface area contributed by atoms with Gasteiger partial charge in [-0.15, -0.1) is 0 Å². The molecule has 1 aliphatic rings. The number of nitrogens with one attached hydrogen (secondary N) is 1. The van der Waals surface area contributed by atoms with E-state index in [1.165, 1.54) is 25.7 Å². The van der Waals surface area contributed by atoms with Crippen molar-refractivity contribution in [2.75, 3.05) is 11.9 Å². The molecule has 0 atom stereocenters. The molecule has 20 heavy (non-hydrogen) atoms. The lowest BCUT2D eigenvalue weighted by molar-refractivity contribution is 0.232. The van der Waals surface area contributed by atoms with E-state index in [1.54, 1.807) is 0 Å². The fourth-order valence-corrected chi connectivity index (χ4v) is 3.65. The molecular formula is C16H23BrClNO. The van der Waals surface area contributed by atoms with E-state index in [-0.39, 0.29) is 0 Å². The number of rotatable bonds is 4. The molecular weight excluding hydrogens is 338 g/mol. The minimum atomic E-state index is 0.482. The summed E-state index contributed by atoms with van der Waals surface area (Å²) in [5.74, 6) is 0.863. The van der Waals surface area contributed by atoms with Gasteiger partial charge in [0.25, 0.3) is 0 Å². The van der Waals surface area contributed by atoms with Crippen LogP contribution >= 0.6 is 27.5 Å². The monoisotopic (exact) mass is 359 g/mol. The number of anilines is 1. The molecule has 0 spiro atoms. The Balaban J connectivity index is 2.12. The SMILES string of the molecule is CCOc1c(Br)cc(Cl)cc1NC1CCC(C)(C)CC1. The van der Waals surface area contributed by atoms with Crippen molar-refractivity contribution in [2.24, 2.45) is 5.41 Å². The van der Waals surface area contributed by atoms with Crippen LogP contribution in [0.25, 0.3) is 0 Å². The van der Waals surface area contributed by atoms with Crippen LogP contribution < -0.4 is 10.1 Å². The van der Waals surface area contributed by atoms with E-state index in [2.05, 4.69) is 35.1 Å². The molecule has 0 heterocycles. The summed E-state index contributed by atoms with van der Waals surface area (Å²) in [5.41, 5.74) is 1.48. The molecule has 1 aromatic carbocycles. The molecule has 0 unspecified atom stereocenters. The van der Waals surface area contributed by atoms with Crippen molar-refractivity contribution in [3.8, 4) is 5.75 Å². The molecule has 2 nitrogen and oxygen atoms in total. The predicted octanol–water partition coefficient (Wildman–Crippen LogP) is 5.88. The molecule has 0 bridgehead atoms. The van der Waals surface area contributed by atoms with Crippen molar-refractivity contribution in [1.29, 1.82) is 0 Å². The highest BCUT2D eigenvalue weighted by molar-refractivity contribution is 9.10. The van der Waals surface area contributed by atoms with Gasteiger partial charge in [-0.2, -0.15) is 0 Å². The Hall–Kier alpha value is -0.410. The lowest BCUT2D eigenvalue weighted by atomic mass is 9.75. The van der Waals surface area contributed by atoms with E-state index >= 15 is 0 Å². The molecule has 0 saturated heterocycles. The van der Waals surface area contributed by atoms with E-state index < -0.39 is 0 Å². The normalized spacial score (nSPS) is 18.9. The van der Waals surface area contributed by atoms with E-state index in [4.69, 9.17) is 16.3 Å². The van der Waals surface area contributed by atoms with E-state index in [1.807, 2.05) is 19.1 Å². The first-order chi connectivity index (χ1) is 9.41. The summed E-state index contributed by atoms with van der Waals surface area (Å²) in [7, 11) is 0. The summed E-state index contributed by atoms with van der Waals surface area (Å²) in [6.45, 7) is 7.34. The van der Waals surface area contributed by atoms with Gasteiger partial charge in [0, 0.05) is 11.1 Å². The summed E-state index contributed by atoms with van der Waals surface area (Å²) in [6, 6.07) is 4.34. The van der Waals surface area contributed by atoms with Crippen molar-refractivity contribution < 1.29 is 4.74 Å². The third kappa shape index (κ3) is 4.05. The van der Waals surface area contributed by atoms with Gasteiger partial charge >= 0.3 is 0 Å². The molecule has 1 fully saturated rings. The van der Waals surface area contributed by atoms with Gasteiger partial charge in [-0.1, -0.05) is 25.4 Å². The van der Waals surface area contributed by atoms with Crippen LogP contribution in [0.2, 0.25) is 5.02 Å². The Bertz CT molecular complexity index is 466. The van der Waals surface area contributed by atoms with Crippen LogP contribution in [0.15, 0.2) is 16.6 Å². The third-order valence-corrected chi connectivity index (χ3v) is 4.80. The quantitative estimate of drug-likeness (QED) is 0.723. The standard InChI is InChI=1S/C16H23BrClNO/c1-4-20-15-13(17)9-11(18)10-14(15)19-12-5-7-16(2,3)8-6-12/h9-10,12,19H,4-8H2,1-3H3. The zero-order chi connectivity index (χ0) is 14.8. The van der Waals surface area contributed by atoms with Gasteiger partial charge in [-0.3, -0.25) is 0 Å². The first-order valence-corrected chi connectivity index (χ1v) is 8.47. The van der Waals surface area contributed by atoms with Gasteiger partial charge in [0.15, 0.2) is 5.75 Å². The van der Waals surface area contributed by atoms with Gasteiger partial charge in [0.05, 0.1) is 16.8 Å². The molecule has 2 rings (SSSR count). The number of hydrogen-bond acceptors (Lipinski definition) is 2. The Morgan fingerprint density at radius 2 is 2.00 bits per heavy atom. The van der Waals surface area contributed by atoms with Crippen molar-refractivity contribution in [1.82, 2.24) is 0 Å². The second kappa shape index (κ2) is 6.57. The van der Waals surface area contributed by atoms with Gasteiger partial charge in [-0.05, 0) is 66.1 Å². The summed E-state index contributed by atoms with van der Waals surface area (Å²) >= 11 is 9.69. The van der Waals surface area contributed by atoms with Crippen LogP contribution in [0.1, 0.15) is 46.5 Å². The second-order valence-electron chi connectivity index (χ2n) is 6.28. The Morgan fingerprint density at radius 1 is 1.35 bits per heavy atom. The Morgan fingerprint density at radius 3 is 2.60 bits per heavy atom. The molecule has 0 amide bonds. The minimum absolute atomic E-state index is 0.482. The van der Waals surface area contributed by atoms with Crippen molar-refractivity contribution >= 4 is 33.2 Å². The molecule has 0 aliphatic heterocycles. The van der Waals surface area contributed by atoms with Crippen LogP contribution in [0.4, 0.5) is 5.69 Å². The Kier molecular flexibility index (Phi) is 5.25. The van der Waals surface area contributed by atoms with Crippen molar-refractivity contribution in [2.45, 2.75) is 52.5 Å². The number of ether oxygens (including phenoxy) is 1. The van der Waals surface area contributed by atoms with E-state index in [0.717, 1.165) is 20.9 Å². The van der Waals surface area contributed by atoms with Gasteiger partial charge in [0.2, 0.25) is 0 Å². The van der Waals surface area contributed by atoms with Gasteiger partial charge in [-0.25, -0.2) is 0 Å². The fourth-order valence-electron chi connectivity index (χ4n) is 2.72. The highest BCUT2D eigenvalue weighted by Gasteiger charge is 2.27. The second-order valence-corrected chi connectivity index (χ2v) is 7.57. The first-order valence-electron chi connectivity index (χ1n) is 7.29. The van der Waals surface area contributed by atoms with Crippen LogP contribution in [0.5, 0.6) is 5.75 Å². The molecule has 1 N–H and O–H groups in total. The topological polar surface area (TPSA) is 21.3 Å². The average Bonchev–Trinajstić information content (AvgIpc) is 2.36. The summed E-state index contributed by atoms with van der Waals surface area (Å²) in [6.07, 6.45) is 4.91. The van der Waals surface area contributed by atoms with Crippen LogP contribution in [0, 0.1) is 5.41 Å². The maximum atomic E-state index is 6.16. The molecule has 1 aliphatic carbocycles. The zero-order valence-corrected chi connectivity index (χ0v) is 14.8. The van der Waals surface area contributed by atoms with Gasteiger partial charge in [0.1, 0.15) is 0 Å². The van der Waals surface area contributed by atoms with Crippen LogP contribution in [0.3, 0.4) is 0 Å². The largest absolute Gasteiger partial charge is 0.491 e. The molecule has 0 radical (unpaired) electrons. The summed E-state index contributed by atoms with van der Waals surface area (Å²) in [4.78, 5) is 0. The van der Waals surface area contributed by atoms with Crippen LogP contribution in [-0.4, -0.2) is 12.6 Å². The zero-order valence-electron chi connectivity index (χ0n) is 12.4. The molecule has 1 aromatic rings. The maximum Gasteiger partial charge on any atom is 0.156 e. The fraction of sp³-hybridized carbons (Fsp3) is 0.625. The number of halogens is 2. The molecule has 0 aromatic heterocycles. The van der Waals surface area contributed by atoms with Crippen molar-refractivity contribution in [3.63, 3.8) is 0 Å². The number of hydrogen-bond donors (Lipinski definition) is 1. The first kappa shape index (κ1) is 16.0. The maximum absolute atomic E-state index is 6.16. The van der Waals surface area contributed by atoms with E-state index in [9.17, 15) is 0 Å². The smallest absolute Gasteiger partial charge is 0.156 e. The molecule has 1 saturated carbocycles. The highest BCUT2D eigenvalue weighted by atomic mass is 79.9. The summed E-state index contributed by atoms with van der Waals surface area (Å²) in [5, 5.41) is 4.34. The highest BCUT2D eigenvalue weighted by Crippen LogP contribution is 2.40. The lowest BCUT2D eigenvalue weighted by Gasteiger charge is -2.35. The molecule has 4 heteroatoms. The van der Waals surface area contributed by atoms with Crippen molar-refractivity contribution in [3.05, 3.63) is 21.6 Å². The number of benzene rings is 1. The molecule has 112 valence electrons. The van der Waals surface area contributed by atoms with Gasteiger partial charge < -0.3 is 10.1 Å². The van der Waals surface area contributed by atoms with Crippen LogP contribution in [-0.2, 0) is 0 Å². The summed E-state index contributed by atoms with van der Waals surface area (Å²) < 4.78 is 6.65. The Labute approximate surface area is 135 Å².